The molecule has 0 saturated heterocycles. The Labute approximate surface area is 82.6 Å². The molecule has 0 radical (unpaired) electrons. The minimum Gasteiger partial charge on any atom is -0.480 e. The minimum absolute atomic E-state index is 0.0613. The summed E-state index contributed by atoms with van der Waals surface area (Å²) >= 11 is 1.15. The number of carboxylic acid groups (broad SMARTS) is 1. The van der Waals surface area contributed by atoms with E-state index in [9.17, 15) is 13.2 Å². The van der Waals surface area contributed by atoms with Crippen molar-refractivity contribution in [3.05, 3.63) is 0 Å². The molecule has 13 heavy (non-hydrogen) atoms. The summed E-state index contributed by atoms with van der Waals surface area (Å²) in [5.74, 6) is -0.372. The molecule has 0 heterocycles. The van der Waals surface area contributed by atoms with Crippen molar-refractivity contribution in [1.82, 2.24) is 0 Å². The van der Waals surface area contributed by atoms with Crippen LogP contribution in [0.3, 0.4) is 0 Å². The zero-order valence-electron chi connectivity index (χ0n) is 7.69. The van der Waals surface area contributed by atoms with Gasteiger partial charge in [0.15, 0.2) is 9.84 Å². The Bertz CT molecular complexity index is 258. The van der Waals surface area contributed by atoms with E-state index in [0.29, 0.717) is 5.75 Å². The van der Waals surface area contributed by atoms with Gasteiger partial charge in [0, 0.05) is 11.5 Å². The van der Waals surface area contributed by atoms with Gasteiger partial charge < -0.3 is 5.11 Å². The molecule has 0 unspecified atom stereocenters. The Hall–Kier alpha value is -0.230. The van der Waals surface area contributed by atoms with Gasteiger partial charge >= 0.3 is 5.97 Å². The molecule has 0 aliphatic carbocycles. The molecule has 0 aliphatic rings. The second kappa shape index (κ2) is 5.49. The average Bonchev–Trinajstić information content (AvgIpc) is 2.04. The van der Waals surface area contributed by atoms with E-state index in [0.717, 1.165) is 11.8 Å². The van der Waals surface area contributed by atoms with Crippen LogP contribution in [0.25, 0.3) is 0 Å². The van der Waals surface area contributed by atoms with Crippen LogP contribution in [0.15, 0.2) is 0 Å². The van der Waals surface area contributed by atoms with Crippen LogP contribution in [0.1, 0.15) is 13.8 Å². The Morgan fingerprint density at radius 2 is 2.08 bits per heavy atom. The molecule has 6 heteroatoms. The van der Waals surface area contributed by atoms with E-state index in [2.05, 4.69) is 0 Å². The molecule has 0 amide bonds. The first-order chi connectivity index (χ1) is 5.89. The molecule has 0 spiro atoms. The van der Waals surface area contributed by atoms with E-state index in [4.69, 9.17) is 5.11 Å². The van der Waals surface area contributed by atoms with Crippen molar-refractivity contribution >= 4 is 27.6 Å². The summed E-state index contributed by atoms with van der Waals surface area (Å²) in [4.78, 5) is 10.4. The van der Waals surface area contributed by atoms with E-state index in [-0.39, 0.29) is 11.5 Å². The van der Waals surface area contributed by atoms with E-state index in [1.54, 1.807) is 13.8 Å². The standard InChI is InChI=1S/C7H14O4S2/c1-3-13(10,11)5-4-12-6(2)7(8)9/h6H,3-5H2,1-2H3,(H,8,9)/t6-/m1/s1. The molecule has 0 fully saturated rings. The first kappa shape index (κ1) is 12.8. The topological polar surface area (TPSA) is 71.4 Å². The van der Waals surface area contributed by atoms with Gasteiger partial charge in [-0.3, -0.25) is 4.79 Å². The first-order valence-corrected chi connectivity index (χ1v) is 6.81. The SMILES string of the molecule is CCS(=O)(=O)CCS[C@H](C)C(=O)O. The van der Waals surface area contributed by atoms with Crippen LogP contribution in [0, 0.1) is 0 Å². The lowest BCUT2D eigenvalue weighted by Gasteiger charge is -2.05. The normalized spacial score (nSPS) is 14.0. The number of thioether (sulfide) groups is 1. The van der Waals surface area contributed by atoms with Crippen molar-refractivity contribution in [2.45, 2.75) is 19.1 Å². The van der Waals surface area contributed by atoms with Gasteiger partial charge in [0.1, 0.15) is 0 Å². The van der Waals surface area contributed by atoms with Crippen molar-refractivity contribution < 1.29 is 18.3 Å². The molecule has 0 saturated carbocycles. The third-order valence-corrected chi connectivity index (χ3v) is 4.66. The summed E-state index contributed by atoms with van der Waals surface area (Å²) in [6, 6.07) is 0. The van der Waals surface area contributed by atoms with Gasteiger partial charge in [0.25, 0.3) is 0 Å². The summed E-state index contributed by atoms with van der Waals surface area (Å²) < 4.78 is 22.0. The summed E-state index contributed by atoms with van der Waals surface area (Å²) in [5, 5.41) is 7.96. The molecule has 0 rings (SSSR count). The highest BCUT2D eigenvalue weighted by Gasteiger charge is 2.13. The Kier molecular flexibility index (Phi) is 5.39. The van der Waals surface area contributed by atoms with Gasteiger partial charge in [-0.05, 0) is 6.92 Å². The maximum atomic E-state index is 11.0. The summed E-state index contributed by atoms with van der Waals surface area (Å²) in [6.45, 7) is 3.13. The third kappa shape index (κ3) is 5.93. The lowest BCUT2D eigenvalue weighted by atomic mass is 10.5. The highest BCUT2D eigenvalue weighted by atomic mass is 32.2. The smallest absolute Gasteiger partial charge is 0.316 e. The number of rotatable bonds is 6. The van der Waals surface area contributed by atoms with Crippen LogP contribution in [-0.4, -0.2) is 42.0 Å². The summed E-state index contributed by atoms with van der Waals surface area (Å²) in [5.41, 5.74) is 0. The average molecular weight is 226 g/mol. The molecule has 0 aliphatic heterocycles. The van der Waals surface area contributed by atoms with Crippen LogP contribution in [-0.2, 0) is 14.6 Å². The van der Waals surface area contributed by atoms with Crippen LogP contribution < -0.4 is 0 Å². The number of sulfone groups is 1. The maximum absolute atomic E-state index is 11.0. The van der Waals surface area contributed by atoms with Gasteiger partial charge in [-0.25, -0.2) is 8.42 Å². The molecule has 0 aromatic carbocycles. The zero-order chi connectivity index (χ0) is 10.5. The Balaban J connectivity index is 3.75. The summed E-state index contributed by atoms with van der Waals surface area (Å²) in [6.07, 6.45) is 0. The minimum atomic E-state index is -2.95. The van der Waals surface area contributed by atoms with Crippen molar-refractivity contribution in [2.24, 2.45) is 0 Å². The molecule has 0 aromatic heterocycles. The fraction of sp³-hybridized carbons (Fsp3) is 0.857. The van der Waals surface area contributed by atoms with Gasteiger partial charge in [-0.2, -0.15) is 0 Å². The van der Waals surface area contributed by atoms with Gasteiger partial charge in [-0.1, -0.05) is 6.92 Å². The molecule has 1 N–H and O–H groups in total. The fourth-order valence-electron chi connectivity index (χ4n) is 0.567. The molecule has 0 bridgehead atoms. The largest absolute Gasteiger partial charge is 0.480 e. The zero-order valence-corrected chi connectivity index (χ0v) is 9.32. The summed E-state index contributed by atoms with van der Waals surface area (Å²) in [7, 11) is -2.95. The van der Waals surface area contributed by atoms with Crippen molar-refractivity contribution in [1.29, 1.82) is 0 Å². The lowest BCUT2D eigenvalue weighted by Crippen LogP contribution is -2.16. The van der Waals surface area contributed by atoms with E-state index < -0.39 is 21.1 Å². The number of carbonyl (C=O) groups is 1. The van der Waals surface area contributed by atoms with Gasteiger partial charge in [-0.15, -0.1) is 11.8 Å². The molecule has 78 valence electrons. The van der Waals surface area contributed by atoms with E-state index in [1.165, 1.54) is 0 Å². The van der Waals surface area contributed by atoms with Crippen molar-refractivity contribution in [2.75, 3.05) is 17.3 Å². The molecule has 1 atom stereocenters. The number of carboxylic acids is 1. The molecular formula is C7H14O4S2. The van der Waals surface area contributed by atoms with Gasteiger partial charge in [0.05, 0.1) is 11.0 Å². The van der Waals surface area contributed by atoms with E-state index in [1.807, 2.05) is 0 Å². The van der Waals surface area contributed by atoms with Crippen molar-refractivity contribution in [3.63, 3.8) is 0 Å². The maximum Gasteiger partial charge on any atom is 0.316 e. The lowest BCUT2D eigenvalue weighted by molar-refractivity contribution is -0.136. The predicted octanol–water partition coefficient (Wildman–Crippen LogP) is 0.627. The second-order valence-electron chi connectivity index (χ2n) is 2.59. The third-order valence-electron chi connectivity index (χ3n) is 1.55. The predicted molar refractivity (Wildman–Crippen MR) is 53.9 cm³/mol. The monoisotopic (exact) mass is 226 g/mol. The van der Waals surface area contributed by atoms with Crippen LogP contribution in [0.5, 0.6) is 0 Å². The fourth-order valence-corrected chi connectivity index (χ4v) is 2.75. The van der Waals surface area contributed by atoms with Crippen LogP contribution in [0.4, 0.5) is 0 Å². The van der Waals surface area contributed by atoms with Gasteiger partial charge in [0.2, 0.25) is 0 Å². The second-order valence-corrected chi connectivity index (χ2v) is 6.51. The molecular weight excluding hydrogens is 212 g/mol. The first-order valence-electron chi connectivity index (χ1n) is 3.94. The van der Waals surface area contributed by atoms with E-state index >= 15 is 0 Å². The van der Waals surface area contributed by atoms with Crippen LogP contribution in [0.2, 0.25) is 0 Å². The molecule has 0 aromatic rings. The number of hydrogen-bond donors (Lipinski definition) is 1. The number of aliphatic carboxylic acids is 1. The molecule has 4 nitrogen and oxygen atoms in total. The Morgan fingerprint density at radius 3 is 2.46 bits per heavy atom. The Morgan fingerprint density at radius 1 is 1.54 bits per heavy atom. The highest BCUT2D eigenvalue weighted by molar-refractivity contribution is 8.01. The number of hydrogen-bond acceptors (Lipinski definition) is 4. The highest BCUT2D eigenvalue weighted by Crippen LogP contribution is 2.10. The van der Waals surface area contributed by atoms with Crippen LogP contribution >= 0.6 is 11.8 Å². The quantitative estimate of drug-likeness (QED) is 0.719. The van der Waals surface area contributed by atoms with Crippen molar-refractivity contribution in [3.8, 4) is 0 Å².